The van der Waals surface area contributed by atoms with E-state index in [1.165, 1.54) is 12.1 Å². The number of amides is 1. The van der Waals surface area contributed by atoms with Crippen LogP contribution in [-0.4, -0.2) is 48.7 Å². The molecule has 0 bridgehead atoms. The number of rotatable bonds is 8. The molecule has 2 N–H and O–H groups in total. The highest BCUT2D eigenvalue weighted by molar-refractivity contribution is 5.79. The molecule has 5 nitrogen and oxygen atoms in total. The molecular formula is C23H27F3N2O3. The number of halogens is 3. The van der Waals surface area contributed by atoms with Crippen LogP contribution in [0.4, 0.5) is 13.2 Å². The van der Waals surface area contributed by atoms with Crippen molar-refractivity contribution >= 4 is 5.91 Å². The molecule has 2 aromatic rings. The Balaban J connectivity index is 1.68. The number of benzene rings is 2. The number of carbonyl (C=O) groups excluding carboxylic acids is 1. The van der Waals surface area contributed by atoms with Crippen molar-refractivity contribution in [2.24, 2.45) is 0 Å². The summed E-state index contributed by atoms with van der Waals surface area (Å²) in [4.78, 5) is 14.8. The van der Waals surface area contributed by atoms with Crippen molar-refractivity contribution in [2.45, 2.75) is 37.6 Å². The van der Waals surface area contributed by atoms with Crippen LogP contribution in [0.15, 0.2) is 48.5 Å². The number of likely N-dealkylation sites (tertiary alicyclic amines) is 1. The molecule has 1 aliphatic heterocycles. The third kappa shape index (κ3) is 6.45. The standard InChI is InChI=1S/C23H27F3N2O3/c1-31-19-10-6-17(7-11-19)22(30)20(15-28-12-2-3-13-28)27-21(29)14-16-4-8-18(9-5-16)23(24,25)26/h4-11,20,22,30H,2-3,12-15H2,1H3,(H,27,29)/t20-,22-/m1/s1. The summed E-state index contributed by atoms with van der Waals surface area (Å²) < 4.78 is 43.3. The van der Waals surface area contributed by atoms with Gasteiger partial charge in [0.15, 0.2) is 0 Å². The maximum atomic E-state index is 12.7. The van der Waals surface area contributed by atoms with Crippen LogP contribution in [0.2, 0.25) is 0 Å². The molecule has 31 heavy (non-hydrogen) atoms. The van der Waals surface area contributed by atoms with E-state index in [2.05, 4.69) is 10.2 Å². The average molecular weight is 436 g/mol. The van der Waals surface area contributed by atoms with E-state index in [4.69, 9.17) is 4.74 Å². The van der Waals surface area contributed by atoms with Gasteiger partial charge in [-0.25, -0.2) is 0 Å². The molecule has 8 heteroatoms. The van der Waals surface area contributed by atoms with E-state index in [0.717, 1.165) is 38.1 Å². The topological polar surface area (TPSA) is 61.8 Å². The van der Waals surface area contributed by atoms with Gasteiger partial charge in [-0.15, -0.1) is 0 Å². The Bertz CT molecular complexity index is 848. The minimum absolute atomic E-state index is 0.0655. The van der Waals surface area contributed by atoms with Crippen molar-refractivity contribution < 1.29 is 27.8 Å². The highest BCUT2D eigenvalue weighted by Crippen LogP contribution is 2.29. The number of hydrogen-bond donors (Lipinski definition) is 2. The van der Waals surface area contributed by atoms with Gasteiger partial charge >= 0.3 is 6.18 Å². The second-order valence-corrected chi connectivity index (χ2v) is 7.77. The van der Waals surface area contributed by atoms with Gasteiger partial charge in [-0.1, -0.05) is 24.3 Å². The molecule has 0 spiro atoms. The van der Waals surface area contributed by atoms with Crippen LogP contribution in [0.25, 0.3) is 0 Å². The molecule has 0 unspecified atom stereocenters. The lowest BCUT2D eigenvalue weighted by Gasteiger charge is -2.29. The van der Waals surface area contributed by atoms with Crippen molar-refractivity contribution in [3.05, 3.63) is 65.2 Å². The lowest BCUT2D eigenvalue weighted by molar-refractivity contribution is -0.137. The molecule has 168 valence electrons. The zero-order chi connectivity index (χ0) is 22.4. The van der Waals surface area contributed by atoms with Crippen molar-refractivity contribution in [3.8, 4) is 5.75 Å². The van der Waals surface area contributed by atoms with Crippen LogP contribution in [0.3, 0.4) is 0 Å². The fraction of sp³-hybridized carbons (Fsp3) is 0.435. The quantitative estimate of drug-likeness (QED) is 0.664. The fourth-order valence-corrected chi connectivity index (χ4v) is 3.76. The van der Waals surface area contributed by atoms with Crippen LogP contribution < -0.4 is 10.1 Å². The van der Waals surface area contributed by atoms with E-state index in [0.29, 0.717) is 23.4 Å². The first kappa shape index (κ1) is 23.1. The predicted octanol–water partition coefficient (Wildman–Crippen LogP) is 3.57. The molecule has 0 radical (unpaired) electrons. The highest BCUT2D eigenvalue weighted by atomic mass is 19.4. The number of methoxy groups -OCH3 is 1. The second-order valence-electron chi connectivity index (χ2n) is 7.77. The first-order valence-corrected chi connectivity index (χ1v) is 10.3. The van der Waals surface area contributed by atoms with Crippen molar-refractivity contribution in [1.82, 2.24) is 10.2 Å². The Hall–Kier alpha value is -2.58. The smallest absolute Gasteiger partial charge is 0.416 e. The molecule has 1 saturated heterocycles. The molecule has 1 amide bonds. The Morgan fingerprint density at radius 2 is 1.71 bits per heavy atom. The third-order valence-electron chi connectivity index (χ3n) is 5.48. The third-order valence-corrected chi connectivity index (χ3v) is 5.48. The molecule has 1 heterocycles. The van der Waals surface area contributed by atoms with E-state index in [-0.39, 0.29) is 12.3 Å². The summed E-state index contributed by atoms with van der Waals surface area (Å²) in [5.41, 5.74) is 0.377. The molecular weight excluding hydrogens is 409 g/mol. The molecule has 2 aromatic carbocycles. The number of hydrogen-bond acceptors (Lipinski definition) is 4. The number of aliphatic hydroxyl groups is 1. The van der Waals surface area contributed by atoms with Gasteiger partial charge in [-0.3, -0.25) is 4.79 Å². The summed E-state index contributed by atoms with van der Waals surface area (Å²) in [5.74, 6) is 0.315. The van der Waals surface area contributed by atoms with Crippen LogP contribution in [0.1, 0.15) is 35.6 Å². The Morgan fingerprint density at radius 1 is 1.10 bits per heavy atom. The summed E-state index contributed by atoms with van der Waals surface area (Å²) in [7, 11) is 1.56. The van der Waals surface area contributed by atoms with Gasteiger partial charge in [0.1, 0.15) is 11.9 Å². The largest absolute Gasteiger partial charge is 0.497 e. The molecule has 1 aliphatic rings. The summed E-state index contributed by atoms with van der Waals surface area (Å²) in [6.07, 6.45) is -3.26. The van der Waals surface area contributed by atoms with Crippen LogP contribution in [0.5, 0.6) is 5.75 Å². The van der Waals surface area contributed by atoms with Gasteiger partial charge in [0, 0.05) is 6.54 Å². The first-order valence-electron chi connectivity index (χ1n) is 10.3. The van der Waals surface area contributed by atoms with E-state index in [1.54, 1.807) is 31.4 Å². The fourth-order valence-electron chi connectivity index (χ4n) is 3.76. The number of nitrogens with one attached hydrogen (secondary N) is 1. The first-order chi connectivity index (χ1) is 14.8. The monoisotopic (exact) mass is 436 g/mol. The van der Waals surface area contributed by atoms with Crippen molar-refractivity contribution in [3.63, 3.8) is 0 Å². The van der Waals surface area contributed by atoms with Gasteiger partial charge in [0.25, 0.3) is 0 Å². The Labute approximate surface area is 179 Å². The van der Waals surface area contributed by atoms with Crippen molar-refractivity contribution in [1.29, 1.82) is 0 Å². The number of aliphatic hydroxyl groups excluding tert-OH is 1. The lowest BCUT2D eigenvalue weighted by Crippen LogP contribution is -2.47. The molecule has 3 rings (SSSR count). The summed E-state index contributed by atoms with van der Waals surface area (Å²) in [5, 5.41) is 13.8. The maximum Gasteiger partial charge on any atom is 0.416 e. The predicted molar refractivity (Wildman–Crippen MR) is 111 cm³/mol. The maximum absolute atomic E-state index is 12.7. The summed E-state index contributed by atoms with van der Waals surface area (Å²) >= 11 is 0. The number of alkyl halides is 3. The molecule has 2 atom stereocenters. The number of carbonyl (C=O) groups is 1. The van der Waals surface area contributed by atoms with Crippen LogP contribution >= 0.6 is 0 Å². The highest BCUT2D eigenvalue weighted by Gasteiger charge is 2.30. The molecule has 0 saturated carbocycles. The Kier molecular flexibility index (Phi) is 7.56. The van der Waals surface area contributed by atoms with E-state index >= 15 is 0 Å². The van der Waals surface area contributed by atoms with E-state index in [9.17, 15) is 23.1 Å². The van der Waals surface area contributed by atoms with Gasteiger partial charge in [0.2, 0.25) is 5.91 Å². The average Bonchev–Trinajstić information content (AvgIpc) is 3.25. The van der Waals surface area contributed by atoms with Gasteiger partial charge in [0.05, 0.1) is 25.1 Å². The SMILES string of the molecule is COc1ccc([C@@H](O)[C@@H](CN2CCCC2)NC(=O)Cc2ccc(C(F)(F)F)cc2)cc1. The summed E-state index contributed by atoms with van der Waals surface area (Å²) in [6.45, 7) is 2.30. The van der Waals surface area contributed by atoms with Gasteiger partial charge in [-0.05, 0) is 61.3 Å². The van der Waals surface area contributed by atoms with Gasteiger partial charge in [-0.2, -0.15) is 13.2 Å². The molecule has 0 aromatic heterocycles. The minimum atomic E-state index is -4.41. The normalized spacial score (nSPS) is 16.7. The molecule has 0 aliphatic carbocycles. The second kappa shape index (κ2) is 10.2. The Morgan fingerprint density at radius 3 is 2.26 bits per heavy atom. The van der Waals surface area contributed by atoms with E-state index in [1.807, 2.05) is 0 Å². The van der Waals surface area contributed by atoms with Crippen LogP contribution in [0, 0.1) is 0 Å². The number of ether oxygens (including phenoxy) is 1. The summed E-state index contributed by atoms with van der Waals surface area (Å²) in [6, 6.07) is 11.0. The van der Waals surface area contributed by atoms with Crippen molar-refractivity contribution in [2.75, 3.05) is 26.7 Å². The zero-order valence-corrected chi connectivity index (χ0v) is 17.4. The number of nitrogens with zero attached hydrogens (tertiary/aromatic N) is 1. The van der Waals surface area contributed by atoms with Gasteiger partial charge < -0.3 is 20.1 Å². The molecule has 1 fully saturated rings. The van der Waals surface area contributed by atoms with E-state index < -0.39 is 23.9 Å². The lowest BCUT2D eigenvalue weighted by atomic mass is 10.0. The zero-order valence-electron chi connectivity index (χ0n) is 17.4. The van der Waals surface area contributed by atoms with Crippen LogP contribution in [-0.2, 0) is 17.4 Å². The minimum Gasteiger partial charge on any atom is -0.497 e.